The van der Waals surface area contributed by atoms with Gasteiger partial charge in [-0.3, -0.25) is 9.69 Å². The summed E-state index contributed by atoms with van der Waals surface area (Å²) < 4.78 is 0. The van der Waals surface area contributed by atoms with E-state index in [1.54, 1.807) is 18.2 Å². The van der Waals surface area contributed by atoms with Crippen molar-refractivity contribution < 1.29 is 9.90 Å². The van der Waals surface area contributed by atoms with Gasteiger partial charge >= 0.3 is 0 Å². The Bertz CT molecular complexity index is 431. The van der Waals surface area contributed by atoms with E-state index in [9.17, 15) is 9.90 Å². The first-order valence-corrected chi connectivity index (χ1v) is 7.35. The SMILES string of the molecule is CCN(CC)CC(=O)NCC(O)c1cc(Cl)cc(Cl)c1. The molecule has 112 valence electrons. The normalized spacial score (nSPS) is 12.5. The largest absolute Gasteiger partial charge is 0.387 e. The van der Waals surface area contributed by atoms with Crippen LogP contribution in [0.25, 0.3) is 0 Å². The van der Waals surface area contributed by atoms with Crippen LogP contribution in [0.3, 0.4) is 0 Å². The number of carbonyl (C=O) groups is 1. The summed E-state index contributed by atoms with van der Waals surface area (Å²) in [4.78, 5) is 13.7. The number of amides is 1. The molecule has 1 unspecified atom stereocenters. The lowest BCUT2D eigenvalue weighted by molar-refractivity contribution is -0.122. The number of rotatable bonds is 7. The van der Waals surface area contributed by atoms with Gasteiger partial charge in [-0.2, -0.15) is 0 Å². The average molecular weight is 319 g/mol. The smallest absolute Gasteiger partial charge is 0.234 e. The minimum absolute atomic E-state index is 0.110. The molecule has 1 amide bonds. The first-order valence-electron chi connectivity index (χ1n) is 6.59. The summed E-state index contributed by atoms with van der Waals surface area (Å²) in [6.45, 7) is 6.10. The summed E-state index contributed by atoms with van der Waals surface area (Å²) in [5.41, 5.74) is 0.589. The molecule has 0 aliphatic carbocycles. The van der Waals surface area contributed by atoms with Crippen molar-refractivity contribution in [2.24, 2.45) is 0 Å². The van der Waals surface area contributed by atoms with E-state index >= 15 is 0 Å². The van der Waals surface area contributed by atoms with Gasteiger partial charge in [0, 0.05) is 16.6 Å². The third-order valence-corrected chi connectivity index (χ3v) is 3.46. The van der Waals surface area contributed by atoms with Gasteiger partial charge in [-0.15, -0.1) is 0 Å². The number of nitrogens with one attached hydrogen (secondary N) is 1. The van der Waals surface area contributed by atoms with Crippen molar-refractivity contribution in [1.29, 1.82) is 0 Å². The van der Waals surface area contributed by atoms with Crippen molar-refractivity contribution in [1.82, 2.24) is 10.2 Å². The molecule has 0 fully saturated rings. The molecule has 1 rings (SSSR count). The number of carbonyl (C=O) groups excluding carboxylic acids is 1. The maximum absolute atomic E-state index is 11.7. The van der Waals surface area contributed by atoms with Crippen LogP contribution in [0.5, 0.6) is 0 Å². The summed E-state index contributed by atoms with van der Waals surface area (Å²) in [5, 5.41) is 13.6. The maximum atomic E-state index is 11.7. The number of halogens is 2. The van der Waals surface area contributed by atoms with Crippen LogP contribution in [-0.2, 0) is 4.79 Å². The molecule has 0 bridgehead atoms. The number of nitrogens with zero attached hydrogens (tertiary/aromatic N) is 1. The number of aliphatic hydroxyl groups excluding tert-OH is 1. The fourth-order valence-electron chi connectivity index (χ4n) is 1.80. The van der Waals surface area contributed by atoms with Crippen LogP contribution in [0.4, 0.5) is 0 Å². The van der Waals surface area contributed by atoms with Crippen LogP contribution < -0.4 is 5.32 Å². The van der Waals surface area contributed by atoms with E-state index in [1.165, 1.54) is 0 Å². The molecule has 0 spiro atoms. The topological polar surface area (TPSA) is 52.6 Å². The molecule has 20 heavy (non-hydrogen) atoms. The Morgan fingerprint density at radius 3 is 2.30 bits per heavy atom. The Labute approximate surface area is 129 Å². The number of hydrogen-bond acceptors (Lipinski definition) is 3. The molecule has 1 aromatic rings. The highest BCUT2D eigenvalue weighted by Crippen LogP contribution is 2.23. The second-order valence-corrected chi connectivity index (χ2v) is 5.36. The van der Waals surface area contributed by atoms with E-state index in [-0.39, 0.29) is 12.5 Å². The van der Waals surface area contributed by atoms with Crippen molar-refractivity contribution in [3.05, 3.63) is 33.8 Å². The molecule has 0 aromatic heterocycles. The summed E-state index contributed by atoms with van der Waals surface area (Å²) in [7, 11) is 0. The van der Waals surface area contributed by atoms with Crippen molar-refractivity contribution in [2.45, 2.75) is 20.0 Å². The summed E-state index contributed by atoms with van der Waals surface area (Å²) in [6.07, 6.45) is -0.827. The summed E-state index contributed by atoms with van der Waals surface area (Å²) in [6, 6.07) is 4.86. The quantitative estimate of drug-likeness (QED) is 0.812. The molecule has 0 aliphatic heterocycles. The highest BCUT2D eigenvalue weighted by Gasteiger charge is 2.12. The van der Waals surface area contributed by atoms with E-state index in [1.807, 2.05) is 18.7 Å². The molecule has 0 heterocycles. The molecule has 0 aliphatic rings. The van der Waals surface area contributed by atoms with E-state index in [0.717, 1.165) is 13.1 Å². The van der Waals surface area contributed by atoms with E-state index < -0.39 is 6.10 Å². The predicted molar refractivity (Wildman–Crippen MR) is 82.2 cm³/mol. The Morgan fingerprint density at radius 2 is 1.80 bits per heavy atom. The van der Waals surface area contributed by atoms with Gasteiger partial charge in [0.15, 0.2) is 0 Å². The third-order valence-electron chi connectivity index (χ3n) is 3.02. The molecule has 4 nitrogen and oxygen atoms in total. The van der Waals surface area contributed by atoms with E-state index in [2.05, 4.69) is 5.32 Å². The Kier molecular flexibility index (Phi) is 7.30. The molecule has 1 aromatic carbocycles. The van der Waals surface area contributed by atoms with Gasteiger partial charge in [-0.25, -0.2) is 0 Å². The van der Waals surface area contributed by atoms with E-state index in [0.29, 0.717) is 22.2 Å². The summed E-state index contributed by atoms with van der Waals surface area (Å²) >= 11 is 11.7. The fourth-order valence-corrected chi connectivity index (χ4v) is 2.35. The average Bonchev–Trinajstić information content (AvgIpc) is 2.41. The van der Waals surface area contributed by atoms with Crippen LogP contribution in [0.2, 0.25) is 10.0 Å². The number of aliphatic hydroxyl groups is 1. The van der Waals surface area contributed by atoms with Crippen LogP contribution in [0, 0.1) is 0 Å². The monoisotopic (exact) mass is 318 g/mol. The molecule has 0 saturated heterocycles. The van der Waals surface area contributed by atoms with Gasteiger partial charge < -0.3 is 10.4 Å². The Balaban J connectivity index is 2.50. The highest BCUT2D eigenvalue weighted by molar-refractivity contribution is 6.34. The van der Waals surface area contributed by atoms with Crippen molar-refractivity contribution in [3.8, 4) is 0 Å². The molecule has 0 radical (unpaired) electrons. The third kappa shape index (κ3) is 5.67. The first kappa shape index (κ1) is 17.2. The molecule has 2 N–H and O–H groups in total. The lowest BCUT2D eigenvalue weighted by Crippen LogP contribution is -2.38. The molecule has 6 heteroatoms. The number of benzene rings is 1. The fraction of sp³-hybridized carbons (Fsp3) is 0.500. The van der Waals surface area contributed by atoms with Crippen molar-refractivity contribution >= 4 is 29.1 Å². The molecule has 1 atom stereocenters. The Hall–Kier alpha value is -0.810. The van der Waals surface area contributed by atoms with Crippen LogP contribution in [-0.4, -0.2) is 42.1 Å². The zero-order valence-corrected chi connectivity index (χ0v) is 13.2. The number of likely N-dealkylation sites (N-methyl/N-ethyl adjacent to an activating group) is 1. The van der Waals surface area contributed by atoms with Crippen molar-refractivity contribution in [2.75, 3.05) is 26.2 Å². The van der Waals surface area contributed by atoms with Gasteiger partial charge in [0.05, 0.1) is 12.6 Å². The van der Waals surface area contributed by atoms with Crippen molar-refractivity contribution in [3.63, 3.8) is 0 Å². The second-order valence-electron chi connectivity index (χ2n) is 4.48. The lowest BCUT2D eigenvalue weighted by atomic mass is 10.1. The lowest BCUT2D eigenvalue weighted by Gasteiger charge is -2.18. The van der Waals surface area contributed by atoms with Crippen LogP contribution in [0.1, 0.15) is 25.5 Å². The van der Waals surface area contributed by atoms with Gasteiger partial charge in [-0.05, 0) is 36.9 Å². The van der Waals surface area contributed by atoms with E-state index in [4.69, 9.17) is 23.2 Å². The first-order chi connectivity index (χ1) is 9.46. The Morgan fingerprint density at radius 1 is 1.25 bits per heavy atom. The second kappa shape index (κ2) is 8.47. The zero-order chi connectivity index (χ0) is 15.1. The predicted octanol–water partition coefficient (Wildman–Crippen LogP) is 2.48. The standard InChI is InChI=1S/C14H20Cl2N2O2/c1-3-18(4-2)9-14(20)17-8-13(19)10-5-11(15)7-12(16)6-10/h5-7,13,19H,3-4,8-9H2,1-2H3,(H,17,20). The summed E-state index contributed by atoms with van der Waals surface area (Å²) in [5.74, 6) is -0.110. The van der Waals surface area contributed by atoms with Gasteiger partial charge in [-0.1, -0.05) is 37.0 Å². The molecular formula is C14H20Cl2N2O2. The minimum Gasteiger partial charge on any atom is -0.387 e. The van der Waals surface area contributed by atoms with Gasteiger partial charge in [0.2, 0.25) is 5.91 Å². The molecule has 0 saturated carbocycles. The zero-order valence-electron chi connectivity index (χ0n) is 11.7. The highest BCUT2D eigenvalue weighted by atomic mass is 35.5. The van der Waals surface area contributed by atoms with Crippen LogP contribution in [0.15, 0.2) is 18.2 Å². The number of hydrogen-bond donors (Lipinski definition) is 2. The van der Waals surface area contributed by atoms with Gasteiger partial charge in [0.1, 0.15) is 0 Å². The van der Waals surface area contributed by atoms with Crippen LogP contribution >= 0.6 is 23.2 Å². The minimum atomic E-state index is -0.827. The molecular weight excluding hydrogens is 299 g/mol. The van der Waals surface area contributed by atoms with Gasteiger partial charge in [0.25, 0.3) is 0 Å². The maximum Gasteiger partial charge on any atom is 0.234 e.